The van der Waals surface area contributed by atoms with Gasteiger partial charge >= 0.3 is 6.03 Å². The normalized spacial score (nSPS) is 22.5. The molecule has 0 aromatic carbocycles. The van der Waals surface area contributed by atoms with Crippen molar-refractivity contribution in [2.75, 3.05) is 33.9 Å². The fourth-order valence-electron chi connectivity index (χ4n) is 2.53. The molecule has 0 spiro atoms. The van der Waals surface area contributed by atoms with Crippen LogP contribution in [0.1, 0.15) is 27.7 Å². The number of carbonyl (C=O) groups is 1. The van der Waals surface area contributed by atoms with Crippen molar-refractivity contribution in [3.8, 4) is 0 Å². The third kappa shape index (κ3) is 4.83. The van der Waals surface area contributed by atoms with Crippen LogP contribution in [-0.4, -0.2) is 66.8 Å². The molecule has 1 aliphatic heterocycles. The zero-order chi connectivity index (χ0) is 16.2. The van der Waals surface area contributed by atoms with Gasteiger partial charge in [0.1, 0.15) is 4.95 Å². The van der Waals surface area contributed by atoms with Crippen molar-refractivity contribution in [1.82, 2.24) is 9.80 Å². The Kier molecular flexibility index (Phi) is 7.44. The van der Waals surface area contributed by atoms with Gasteiger partial charge in [-0.25, -0.2) is 4.79 Å². The lowest BCUT2D eigenvalue weighted by molar-refractivity contribution is 0.0371. The van der Waals surface area contributed by atoms with Gasteiger partial charge in [-0.1, -0.05) is 43.6 Å². The Morgan fingerprint density at radius 3 is 2.00 bits per heavy atom. The quantitative estimate of drug-likeness (QED) is 0.491. The molecule has 3 atom stereocenters. The molecule has 1 saturated heterocycles. The highest BCUT2D eigenvalue weighted by atomic mass is 79.9. The van der Waals surface area contributed by atoms with Gasteiger partial charge in [-0.15, -0.1) is 0 Å². The summed E-state index contributed by atoms with van der Waals surface area (Å²) in [6.45, 7) is 10.4. The maximum Gasteiger partial charge on any atom is 0.321 e. The Morgan fingerprint density at radius 1 is 1.10 bits per heavy atom. The molecule has 1 fully saturated rings. The lowest BCUT2D eigenvalue weighted by Crippen LogP contribution is -2.43. The molecule has 3 unspecified atom stereocenters. The number of rotatable bonds is 8. The monoisotopic (exact) mass is 364 g/mol. The van der Waals surface area contributed by atoms with E-state index in [1.807, 2.05) is 9.80 Å². The Balaban J connectivity index is 2.68. The molecule has 21 heavy (non-hydrogen) atoms. The summed E-state index contributed by atoms with van der Waals surface area (Å²) in [7, 11) is 3.40. The van der Waals surface area contributed by atoms with Crippen LogP contribution in [0.4, 0.5) is 4.79 Å². The molecule has 0 radical (unpaired) electrons. The number of hydrogen-bond donors (Lipinski definition) is 0. The summed E-state index contributed by atoms with van der Waals surface area (Å²) in [5.41, 5.74) is 0. The minimum absolute atomic E-state index is 0.0334. The molecule has 0 bridgehead atoms. The maximum absolute atomic E-state index is 12.6. The smallest absolute Gasteiger partial charge is 0.321 e. The van der Waals surface area contributed by atoms with E-state index in [-0.39, 0.29) is 23.2 Å². The van der Waals surface area contributed by atoms with Gasteiger partial charge in [0.25, 0.3) is 0 Å². The van der Waals surface area contributed by atoms with E-state index in [4.69, 9.17) is 9.47 Å². The van der Waals surface area contributed by atoms with Crippen molar-refractivity contribution in [2.24, 2.45) is 11.8 Å². The molecule has 0 N–H and O–H groups in total. The second-order valence-electron chi connectivity index (χ2n) is 6.31. The van der Waals surface area contributed by atoms with Crippen LogP contribution in [0, 0.1) is 11.8 Å². The number of hydrogen-bond acceptors (Lipinski definition) is 3. The van der Waals surface area contributed by atoms with Crippen LogP contribution >= 0.6 is 15.9 Å². The van der Waals surface area contributed by atoms with Crippen LogP contribution in [0.25, 0.3) is 0 Å². The predicted molar refractivity (Wildman–Crippen MR) is 87.7 cm³/mol. The molecule has 2 amide bonds. The molecule has 124 valence electrons. The number of amides is 2. The zero-order valence-corrected chi connectivity index (χ0v) is 15.6. The molecule has 5 nitrogen and oxygen atoms in total. The lowest BCUT2D eigenvalue weighted by atomic mass is 10.1. The maximum atomic E-state index is 12.6. The number of carbonyl (C=O) groups excluding carboxylic acids is 1. The van der Waals surface area contributed by atoms with E-state index in [1.54, 1.807) is 14.2 Å². The first-order valence-electron chi connectivity index (χ1n) is 7.57. The van der Waals surface area contributed by atoms with Crippen molar-refractivity contribution in [3.05, 3.63) is 0 Å². The molecule has 6 heteroatoms. The number of halogens is 1. The molecule has 1 heterocycles. The average molecular weight is 365 g/mol. The first kappa shape index (κ1) is 18.7. The topological polar surface area (TPSA) is 42.0 Å². The van der Waals surface area contributed by atoms with Crippen LogP contribution in [-0.2, 0) is 9.47 Å². The molecule has 0 aliphatic carbocycles. The summed E-state index contributed by atoms with van der Waals surface area (Å²) < 4.78 is 11.0. The van der Waals surface area contributed by atoms with Gasteiger partial charge in [-0.3, -0.25) is 0 Å². The largest absolute Gasteiger partial charge is 0.379 e. The molecular weight excluding hydrogens is 336 g/mol. The van der Waals surface area contributed by atoms with E-state index in [1.165, 1.54) is 0 Å². The van der Waals surface area contributed by atoms with Crippen LogP contribution in [0.15, 0.2) is 0 Å². The summed E-state index contributed by atoms with van der Waals surface area (Å²) in [6, 6.07) is 0.0577. The fraction of sp³-hybridized carbons (Fsp3) is 0.933. The minimum Gasteiger partial charge on any atom is -0.379 e. The van der Waals surface area contributed by atoms with Gasteiger partial charge in [0, 0.05) is 20.8 Å². The lowest BCUT2D eigenvalue weighted by Gasteiger charge is -2.28. The van der Waals surface area contributed by atoms with Crippen molar-refractivity contribution in [1.29, 1.82) is 0 Å². The number of methoxy groups -OCH3 is 2. The number of urea groups is 1. The molecular formula is C15H29BrN2O3. The molecule has 0 aromatic heterocycles. The SMILES string of the molecule is COC(CN1CC(Br)N(CC(OC)C(C)C)C1=O)C(C)C. The Hall–Kier alpha value is -0.330. The van der Waals surface area contributed by atoms with Crippen LogP contribution in [0.2, 0.25) is 0 Å². The highest BCUT2D eigenvalue weighted by Crippen LogP contribution is 2.24. The van der Waals surface area contributed by atoms with E-state index in [0.29, 0.717) is 31.5 Å². The summed E-state index contributed by atoms with van der Waals surface area (Å²) in [6.07, 6.45) is 0.120. The number of alkyl halides is 1. The molecule has 0 aromatic rings. The Labute approximate surface area is 137 Å². The van der Waals surface area contributed by atoms with Crippen molar-refractivity contribution >= 4 is 22.0 Å². The highest BCUT2D eigenvalue weighted by molar-refractivity contribution is 9.09. The Morgan fingerprint density at radius 2 is 1.57 bits per heavy atom. The Bertz CT molecular complexity index is 339. The standard InChI is InChI=1S/C15H29BrN2O3/c1-10(2)12(20-5)7-17-9-14(16)18(15(17)19)8-13(21-6)11(3)4/h10-14H,7-9H2,1-6H3. The van der Waals surface area contributed by atoms with Gasteiger partial charge in [-0.05, 0) is 11.8 Å². The molecule has 1 aliphatic rings. The third-order valence-corrected chi connectivity index (χ3v) is 4.88. The second-order valence-corrected chi connectivity index (χ2v) is 7.37. The van der Waals surface area contributed by atoms with Crippen molar-refractivity contribution in [2.45, 2.75) is 44.9 Å². The summed E-state index contributed by atoms with van der Waals surface area (Å²) >= 11 is 3.61. The van der Waals surface area contributed by atoms with Gasteiger partial charge in [0.15, 0.2) is 0 Å². The summed E-state index contributed by atoms with van der Waals surface area (Å²) in [5, 5.41) is 0. The predicted octanol–water partition coefficient (Wildman–Crippen LogP) is 2.79. The molecule has 1 rings (SSSR count). The van der Waals surface area contributed by atoms with Crippen molar-refractivity contribution < 1.29 is 14.3 Å². The van der Waals surface area contributed by atoms with Gasteiger partial charge < -0.3 is 19.3 Å². The summed E-state index contributed by atoms with van der Waals surface area (Å²) in [5.74, 6) is 0.756. The van der Waals surface area contributed by atoms with E-state index < -0.39 is 0 Å². The zero-order valence-electron chi connectivity index (χ0n) is 14.0. The first-order valence-corrected chi connectivity index (χ1v) is 8.48. The van der Waals surface area contributed by atoms with E-state index >= 15 is 0 Å². The number of nitrogens with zero attached hydrogens (tertiary/aromatic N) is 2. The van der Waals surface area contributed by atoms with E-state index in [0.717, 1.165) is 0 Å². The van der Waals surface area contributed by atoms with Crippen molar-refractivity contribution in [3.63, 3.8) is 0 Å². The van der Waals surface area contributed by atoms with E-state index in [9.17, 15) is 4.79 Å². The van der Waals surface area contributed by atoms with E-state index in [2.05, 4.69) is 43.6 Å². The van der Waals surface area contributed by atoms with Crippen LogP contribution in [0.5, 0.6) is 0 Å². The average Bonchev–Trinajstić information content (AvgIpc) is 2.67. The van der Waals surface area contributed by atoms with Gasteiger partial charge in [0.2, 0.25) is 0 Å². The molecule has 0 saturated carbocycles. The van der Waals surface area contributed by atoms with Gasteiger partial charge in [0.05, 0.1) is 25.3 Å². The first-order chi connectivity index (χ1) is 9.81. The summed E-state index contributed by atoms with van der Waals surface area (Å²) in [4.78, 5) is 16.3. The fourth-order valence-corrected chi connectivity index (χ4v) is 3.22. The van der Waals surface area contributed by atoms with Gasteiger partial charge in [-0.2, -0.15) is 0 Å². The number of ether oxygens (including phenoxy) is 2. The highest BCUT2D eigenvalue weighted by Gasteiger charge is 2.38. The third-order valence-electron chi connectivity index (χ3n) is 4.10. The van der Waals surface area contributed by atoms with Crippen LogP contribution in [0.3, 0.4) is 0 Å². The van der Waals surface area contributed by atoms with Crippen LogP contribution < -0.4 is 0 Å². The minimum atomic E-state index is 0.0334. The second kappa shape index (κ2) is 8.34.